The minimum Gasteiger partial charge on any atom is -0.488 e. The number of imidazole rings is 1. The van der Waals surface area contributed by atoms with Crippen molar-refractivity contribution in [1.82, 2.24) is 14.0 Å². The molecule has 8 heteroatoms. The largest absolute Gasteiger partial charge is 0.488 e. The number of hydrogen-bond acceptors (Lipinski definition) is 5. The second kappa shape index (κ2) is 9.68. The molecule has 0 atom stereocenters. The smallest absolute Gasteiger partial charge is 0.333 e. The molecule has 4 aliphatic rings. The first-order valence-electron chi connectivity index (χ1n) is 14.4. The average molecular weight is 529 g/mol. The number of anilines is 1. The first-order valence-corrected chi connectivity index (χ1v) is 14.4. The van der Waals surface area contributed by atoms with Crippen LogP contribution in [-0.4, -0.2) is 59.4 Å². The van der Waals surface area contributed by atoms with Crippen LogP contribution in [-0.2, 0) is 14.9 Å². The van der Waals surface area contributed by atoms with E-state index < -0.39 is 5.41 Å². The highest BCUT2D eigenvalue weighted by molar-refractivity contribution is 6.09. The molecule has 8 nitrogen and oxygen atoms in total. The zero-order valence-electron chi connectivity index (χ0n) is 22.5. The summed E-state index contributed by atoms with van der Waals surface area (Å²) in [6.07, 6.45) is 8.35. The number of fused-ring (bicyclic) bond motifs is 2. The minimum absolute atomic E-state index is 0.0473. The first kappa shape index (κ1) is 24.7. The number of nitrogens with zero attached hydrogens (tertiary/aromatic N) is 3. The van der Waals surface area contributed by atoms with Crippen molar-refractivity contribution in [2.45, 2.75) is 62.5 Å². The van der Waals surface area contributed by atoms with Crippen LogP contribution < -0.4 is 15.7 Å². The van der Waals surface area contributed by atoms with Crippen molar-refractivity contribution in [3.63, 3.8) is 0 Å². The third-order valence-corrected chi connectivity index (χ3v) is 9.27. The van der Waals surface area contributed by atoms with Crippen molar-refractivity contribution in [1.29, 1.82) is 0 Å². The van der Waals surface area contributed by atoms with Gasteiger partial charge in [0.15, 0.2) is 0 Å². The molecule has 7 rings (SSSR count). The summed E-state index contributed by atoms with van der Waals surface area (Å²) in [5.74, 6) is 0.800. The Balaban J connectivity index is 1.39. The summed E-state index contributed by atoms with van der Waals surface area (Å²) in [4.78, 5) is 29.6. The van der Waals surface area contributed by atoms with E-state index in [1.165, 1.54) is 0 Å². The van der Waals surface area contributed by atoms with E-state index in [9.17, 15) is 9.59 Å². The summed E-state index contributed by atoms with van der Waals surface area (Å²) in [6.45, 7) is 3.30. The third kappa shape index (κ3) is 4.12. The van der Waals surface area contributed by atoms with Crippen LogP contribution in [0.15, 0.2) is 53.5 Å². The van der Waals surface area contributed by atoms with E-state index in [2.05, 4.69) is 23.3 Å². The zero-order valence-corrected chi connectivity index (χ0v) is 22.5. The Morgan fingerprint density at radius 3 is 2.44 bits per heavy atom. The summed E-state index contributed by atoms with van der Waals surface area (Å²) in [7, 11) is 2.14. The highest BCUT2D eigenvalue weighted by Crippen LogP contribution is 2.55. The molecule has 1 aromatic heterocycles. The van der Waals surface area contributed by atoms with E-state index in [-0.39, 0.29) is 23.7 Å². The molecule has 1 amide bonds. The Kier molecular flexibility index (Phi) is 6.12. The molecule has 3 fully saturated rings. The second-order valence-corrected chi connectivity index (χ2v) is 11.6. The fourth-order valence-electron chi connectivity index (χ4n) is 6.75. The van der Waals surface area contributed by atoms with E-state index in [0.717, 1.165) is 92.0 Å². The molecular formula is C31H36N4O4. The van der Waals surface area contributed by atoms with Crippen molar-refractivity contribution >= 4 is 11.6 Å². The molecule has 1 spiro atoms. The number of nitrogens with one attached hydrogen (secondary N) is 1. The second-order valence-electron chi connectivity index (χ2n) is 11.6. The maximum atomic E-state index is 14.0. The van der Waals surface area contributed by atoms with Crippen LogP contribution in [0.5, 0.6) is 5.75 Å². The van der Waals surface area contributed by atoms with E-state index in [0.29, 0.717) is 13.2 Å². The lowest BCUT2D eigenvalue weighted by Gasteiger charge is -2.36. The lowest BCUT2D eigenvalue weighted by molar-refractivity contribution is -0.123. The molecule has 1 aliphatic carbocycles. The Morgan fingerprint density at radius 1 is 1.00 bits per heavy atom. The number of carbonyl (C=O) groups is 1. The number of ether oxygens (including phenoxy) is 2. The van der Waals surface area contributed by atoms with E-state index in [1.54, 1.807) is 0 Å². The van der Waals surface area contributed by atoms with Crippen LogP contribution in [0.1, 0.15) is 56.6 Å². The van der Waals surface area contributed by atoms with Gasteiger partial charge in [-0.15, -0.1) is 0 Å². The van der Waals surface area contributed by atoms with Gasteiger partial charge in [0.2, 0.25) is 5.91 Å². The maximum Gasteiger partial charge on any atom is 0.333 e. The Morgan fingerprint density at radius 2 is 1.74 bits per heavy atom. The van der Waals surface area contributed by atoms with Gasteiger partial charge >= 0.3 is 5.69 Å². The molecule has 0 bridgehead atoms. The molecule has 1 N–H and O–H groups in total. The van der Waals surface area contributed by atoms with E-state index >= 15 is 0 Å². The minimum atomic E-state index is -0.489. The van der Waals surface area contributed by atoms with Crippen LogP contribution in [0.25, 0.3) is 16.9 Å². The first-order chi connectivity index (χ1) is 19.0. The standard InChI is InChI=1S/C31H36N4O4/c1-33-14-8-24(9-15-33)39-27-19-21(18-25-28(27)32-29(36)31(25)12-5-13-31)26-20-34(22-10-16-38-17-11-22)30(37)35(26)23-6-3-2-4-7-23/h2-4,6-7,18-20,22,24H,5,8-17H2,1H3,(H,32,36). The average Bonchev–Trinajstić information content (AvgIpc) is 3.44. The third-order valence-electron chi connectivity index (χ3n) is 9.27. The predicted molar refractivity (Wildman–Crippen MR) is 150 cm³/mol. The van der Waals surface area contributed by atoms with Gasteiger partial charge < -0.3 is 19.7 Å². The molecule has 0 unspecified atom stereocenters. The molecule has 3 aromatic rings. The number of benzene rings is 2. The van der Waals surface area contributed by atoms with Crippen molar-refractivity contribution in [2.75, 3.05) is 38.7 Å². The molecule has 204 valence electrons. The van der Waals surface area contributed by atoms with Gasteiger partial charge in [0.05, 0.1) is 22.5 Å². The summed E-state index contributed by atoms with van der Waals surface area (Å²) in [5.41, 5.74) is 3.86. The zero-order chi connectivity index (χ0) is 26.6. The molecule has 0 radical (unpaired) electrons. The Labute approximate surface area is 228 Å². The van der Waals surface area contributed by atoms with Crippen LogP contribution in [0, 0.1) is 0 Å². The van der Waals surface area contributed by atoms with Gasteiger partial charge in [0.1, 0.15) is 11.9 Å². The number of amides is 1. The highest BCUT2D eigenvalue weighted by atomic mass is 16.5. The van der Waals surface area contributed by atoms with Crippen molar-refractivity contribution < 1.29 is 14.3 Å². The summed E-state index contributed by atoms with van der Waals surface area (Å²) >= 11 is 0. The number of piperidine rings is 1. The van der Waals surface area contributed by atoms with Crippen molar-refractivity contribution in [3.05, 3.63) is 64.7 Å². The summed E-state index contributed by atoms with van der Waals surface area (Å²) in [6, 6.07) is 14.1. The SMILES string of the molecule is CN1CCC(Oc2cc(-c3cn(C4CCOCC4)c(=O)n3-c3ccccc3)cc3c2NC(=O)C32CCC2)CC1. The van der Waals surface area contributed by atoms with Gasteiger partial charge in [-0.2, -0.15) is 0 Å². The van der Waals surface area contributed by atoms with Gasteiger partial charge in [-0.3, -0.25) is 13.9 Å². The fraction of sp³-hybridized carbons (Fsp3) is 0.484. The maximum absolute atomic E-state index is 14.0. The predicted octanol–water partition coefficient (Wildman–Crippen LogP) is 4.50. The molecule has 2 saturated heterocycles. The van der Waals surface area contributed by atoms with Crippen LogP contribution in [0.2, 0.25) is 0 Å². The number of likely N-dealkylation sites (tertiary alicyclic amines) is 1. The molecule has 1 saturated carbocycles. The topological polar surface area (TPSA) is 77.7 Å². The highest BCUT2D eigenvalue weighted by Gasteiger charge is 2.52. The van der Waals surface area contributed by atoms with Gasteiger partial charge in [0.25, 0.3) is 0 Å². The fourth-order valence-corrected chi connectivity index (χ4v) is 6.75. The Hall–Kier alpha value is -3.36. The van der Waals surface area contributed by atoms with Gasteiger partial charge in [0, 0.05) is 44.1 Å². The lowest BCUT2D eigenvalue weighted by atomic mass is 9.65. The van der Waals surface area contributed by atoms with E-state index in [1.807, 2.05) is 51.7 Å². The molecule has 39 heavy (non-hydrogen) atoms. The molecule has 4 heterocycles. The van der Waals surface area contributed by atoms with Crippen LogP contribution >= 0.6 is 0 Å². The monoisotopic (exact) mass is 528 g/mol. The molecule has 3 aliphatic heterocycles. The normalized spacial score (nSPS) is 21.5. The van der Waals surface area contributed by atoms with Crippen molar-refractivity contribution in [3.8, 4) is 22.7 Å². The number of carbonyl (C=O) groups excluding carboxylic acids is 1. The number of rotatable bonds is 5. The van der Waals surface area contributed by atoms with E-state index in [4.69, 9.17) is 9.47 Å². The number of aromatic nitrogens is 2. The van der Waals surface area contributed by atoms with Crippen LogP contribution in [0.3, 0.4) is 0 Å². The van der Waals surface area contributed by atoms with Crippen molar-refractivity contribution in [2.24, 2.45) is 0 Å². The Bertz CT molecular complexity index is 1440. The number of hydrogen-bond donors (Lipinski definition) is 1. The summed E-state index contributed by atoms with van der Waals surface area (Å²) < 4.78 is 15.9. The van der Waals surface area contributed by atoms with Gasteiger partial charge in [-0.05, 0) is 75.4 Å². The molecular weight excluding hydrogens is 492 g/mol. The van der Waals surface area contributed by atoms with Gasteiger partial charge in [-0.25, -0.2) is 4.79 Å². The summed E-state index contributed by atoms with van der Waals surface area (Å²) in [5, 5.41) is 3.19. The molecule has 2 aromatic carbocycles. The van der Waals surface area contributed by atoms with Gasteiger partial charge in [-0.1, -0.05) is 24.6 Å². The quantitative estimate of drug-likeness (QED) is 0.528. The lowest BCUT2D eigenvalue weighted by Crippen LogP contribution is -2.40. The number of para-hydroxylation sites is 1. The van der Waals surface area contributed by atoms with Crippen LogP contribution in [0.4, 0.5) is 5.69 Å².